The van der Waals surface area contributed by atoms with E-state index in [0.29, 0.717) is 0 Å². The SMILES string of the molecule is COc1ccc(C2(CBr)CCOCC2)cc1. The third-order valence-corrected chi connectivity index (χ3v) is 4.48. The van der Waals surface area contributed by atoms with E-state index in [2.05, 4.69) is 28.1 Å². The van der Waals surface area contributed by atoms with Gasteiger partial charge in [-0.05, 0) is 30.5 Å². The monoisotopic (exact) mass is 284 g/mol. The van der Waals surface area contributed by atoms with Gasteiger partial charge in [-0.25, -0.2) is 0 Å². The minimum Gasteiger partial charge on any atom is -0.497 e. The van der Waals surface area contributed by atoms with Crippen molar-refractivity contribution in [2.45, 2.75) is 18.3 Å². The maximum atomic E-state index is 5.45. The minimum atomic E-state index is 0.241. The second kappa shape index (κ2) is 5.19. The van der Waals surface area contributed by atoms with Gasteiger partial charge in [0.2, 0.25) is 0 Å². The van der Waals surface area contributed by atoms with Crippen molar-refractivity contribution in [3.63, 3.8) is 0 Å². The lowest BCUT2D eigenvalue weighted by Gasteiger charge is -2.36. The molecule has 2 nitrogen and oxygen atoms in total. The van der Waals surface area contributed by atoms with E-state index >= 15 is 0 Å². The van der Waals surface area contributed by atoms with Crippen LogP contribution in [0.15, 0.2) is 24.3 Å². The summed E-state index contributed by atoms with van der Waals surface area (Å²) >= 11 is 3.65. The molecule has 1 aliphatic rings. The summed E-state index contributed by atoms with van der Waals surface area (Å²) in [5.74, 6) is 0.917. The van der Waals surface area contributed by atoms with Gasteiger partial charge in [-0.3, -0.25) is 0 Å². The van der Waals surface area contributed by atoms with Gasteiger partial charge in [0.25, 0.3) is 0 Å². The fraction of sp³-hybridized carbons (Fsp3) is 0.538. The summed E-state index contributed by atoms with van der Waals surface area (Å²) in [5.41, 5.74) is 1.62. The van der Waals surface area contributed by atoms with E-state index < -0.39 is 0 Å². The lowest BCUT2D eigenvalue weighted by Crippen LogP contribution is -2.35. The zero-order valence-electron chi connectivity index (χ0n) is 9.54. The quantitative estimate of drug-likeness (QED) is 0.794. The van der Waals surface area contributed by atoms with Crippen LogP contribution in [0.3, 0.4) is 0 Å². The Hall–Kier alpha value is -0.540. The smallest absolute Gasteiger partial charge is 0.118 e. The molecule has 2 rings (SSSR count). The fourth-order valence-corrected chi connectivity index (χ4v) is 3.09. The molecule has 0 saturated carbocycles. The third kappa shape index (κ3) is 2.25. The first-order valence-electron chi connectivity index (χ1n) is 5.59. The third-order valence-electron chi connectivity index (χ3n) is 3.41. The van der Waals surface area contributed by atoms with Crippen molar-refractivity contribution >= 4 is 15.9 Å². The van der Waals surface area contributed by atoms with Crippen LogP contribution < -0.4 is 4.74 Å². The topological polar surface area (TPSA) is 18.5 Å². The molecular formula is C13H17BrO2. The predicted octanol–water partition coefficient (Wildman–Crippen LogP) is 3.14. The van der Waals surface area contributed by atoms with Gasteiger partial charge in [-0.2, -0.15) is 0 Å². The van der Waals surface area contributed by atoms with Gasteiger partial charge in [0.15, 0.2) is 0 Å². The standard InChI is InChI=1S/C13H17BrO2/c1-15-12-4-2-11(3-5-12)13(10-14)6-8-16-9-7-13/h2-5H,6-10H2,1H3. The van der Waals surface area contributed by atoms with E-state index in [-0.39, 0.29) is 5.41 Å². The molecule has 0 radical (unpaired) electrons. The summed E-state index contributed by atoms with van der Waals surface area (Å²) in [4.78, 5) is 0. The van der Waals surface area contributed by atoms with Gasteiger partial charge in [-0.15, -0.1) is 0 Å². The molecule has 1 saturated heterocycles. The summed E-state index contributed by atoms with van der Waals surface area (Å²) < 4.78 is 10.6. The summed E-state index contributed by atoms with van der Waals surface area (Å²) in [6.07, 6.45) is 2.18. The highest BCUT2D eigenvalue weighted by Gasteiger charge is 2.33. The molecule has 0 unspecified atom stereocenters. The highest BCUT2D eigenvalue weighted by atomic mass is 79.9. The van der Waals surface area contributed by atoms with Gasteiger partial charge in [0.05, 0.1) is 7.11 Å². The summed E-state index contributed by atoms with van der Waals surface area (Å²) in [7, 11) is 1.70. The molecule has 0 aliphatic carbocycles. The number of methoxy groups -OCH3 is 1. The molecule has 0 N–H and O–H groups in total. The molecule has 0 bridgehead atoms. The molecule has 0 atom stereocenters. The average Bonchev–Trinajstić information content (AvgIpc) is 2.39. The average molecular weight is 285 g/mol. The van der Waals surface area contributed by atoms with Crippen LogP contribution in [0.5, 0.6) is 5.75 Å². The summed E-state index contributed by atoms with van der Waals surface area (Å²) in [6, 6.07) is 8.42. The largest absolute Gasteiger partial charge is 0.497 e. The Bertz CT molecular complexity index is 328. The normalized spacial score (nSPS) is 19.4. The molecule has 1 aliphatic heterocycles. The highest BCUT2D eigenvalue weighted by molar-refractivity contribution is 9.09. The number of benzene rings is 1. The van der Waals surface area contributed by atoms with Crippen LogP contribution in [0, 0.1) is 0 Å². The van der Waals surface area contributed by atoms with E-state index in [9.17, 15) is 0 Å². The first-order chi connectivity index (χ1) is 7.80. The molecule has 1 aromatic carbocycles. The molecule has 88 valence electrons. The zero-order valence-corrected chi connectivity index (χ0v) is 11.1. The van der Waals surface area contributed by atoms with Crippen LogP contribution in [-0.2, 0) is 10.2 Å². The first kappa shape index (κ1) is 11.9. The van der Waals surface area contributed by atoms with Gasteiger partial charge in [0, 0.05) is 24.0 Å². The highest BCUT2D eigenvalue weighted by Crippen LogP contribution is 2.37. The van der Waals surface area contributed by atoms with Gasteiger partial charge in [-0.1, -0.05) is 28.1 Å². The van der Waals surface area contributed by atoms with Crippen LogP contribution in [-0.4, -0.2) is 25.7 Å². The molecule has 1 aromatic rings. The van der Waals surface area contributed by atoms with Crippen molar-refractivity contribution in [3.05, 3.63) is 29.8 Å². The van der Waals surface area contributed by atoms with E-state index in [0.717, 1.165) is 37.1 Å². The van der Waals surface area contributed by atoms with Crippen molar-refractivity contribution in [1.82, 2.24) is 0 Å². The molecular weight excluding hydrogens is 268 g/mol. The Kier molecular flexibility index (Phi) is 3.87. The van der Waals surface area contributed by atoms with E-state index in [1.807, 2.05) is 12.1 Å². The Balaban J connectivity index is 2.24. The Morgan fingerprint density at radius 3 is 2.38 bits per heavy atom. The zero-order chi connectivity index (χ0) is 11.4. The fourth-order valence-electron chi connectivity index (χ4n) is 2.21. The summed E-state index contributed by atoms with van der Waals surface area (Å²) in [6.45, 7) is 1.72. The molecule has 1 fully saturated rings. The van der Waals surface area contributed by atoms with Gasteiger partial charge in [0.1, 0.15) is 5.75 Å². The number of hydrogen-bond donors (Lipinski definition) is 0. The minimum absolute atomic E-state index is 0.241. The Morgan fingerprint density at radius 2 is 1.88 bits per heavy atom. The maximum absolute atomic E-state index is 5.45. The van der Waals surface area contributed by atoms with Crippen LogP contribution in [0.1, 0.15) is 18.4 Å². The van der Waals surface area contributed by atoms with Crippen molar-refractivity contribution < 1.29 is 9.47 Å². The maximum Gasteiger partial charge on any atom is 0.118 e. The van der Waals surface area contributed by atoms with Crippen LogP contribution in [0.25, 0.3) is 0 Å². The van der Waals surface area contributed by atoms with Crippen molar-refractivity contribution in [1.29, 1.82) is 0 Å². The lowest BCUT2D eigenvalue weighted by molar-refractivity contribution is 0.0584. The molecule has 0 aromatic heterocycles. The van der Waals surface area contributed by atoms with Gasteiger partial charge < -0.3 is 9.47 Å². The molecule has 3 heteroatoms. The number of hydrogen-bond acceptors (Lipinski definition) is 2. The molecule has 1 heterocycles. The Labute approximate surface area is 105 Å². The van der Waals surface area contributed by atoms with E-state index in [1.54, 1.807) is 7.11 Å². The summed E-state index contributed by atoms with van der Waals surface area (Å²) in [5, 5.41) is 0.996. The van der Waals surface area contributed by atoms with Gasteiger partial charge >= 0.3 is 0 Å². The molecule has 0 spiro atoms. The first-order valence-corrected chi connectivity index (χ1v) is 6.71. The Morgan fingerprint density at radius 1 is 1.25 bits per heavy atom. The molecule has 16 heavy (non-hydrogen) atoms. The predicted molar refractivity (Wildman–Crippen MR) is 68.5 cm³/mol. The number of halogens is 1. The van der Waals surface area contributed by atoms with Crippen molar-refractivity contribution in [2.75, 3.05) is 25.7 Å². The second-order valence-corrected chi connectivity index (χ2v) is 4.82. The number of ether oxygens (including phenoxy) is 2. The van der Waals surface area contributed by atoms with E-state index in [4.69, 9.17) is 9.47 Å². The van der Waals surface area contributed by atoms with Crippen molar-refractivity contribution in [2.24, 2.45) is 0 Å². The van der Waals surface area contributed by atoms with Crippen LogP contribution in [0.2, 0.25) is 0 Å². The second-order valence-electron chi connectivity index (χ2n) is 4.25. The van der Waals surface area contributed by atoms with E-state index in [1.165, 1.54) is 5.56 Å². The number of rotatable bonds is 3. The van der Waals surface area contributed by atoms with Crippen molar-refractivity contribution in [3.8, 4) is 5.75 Å². The van der Waals surface area contributed by atoms with Crippen LogP contribution in [0.4, 0.5) is 0 Å². The van der Waals surface area contributed by atoms with Crippen LogP contribution >= 0.6 is 15.9 Å². The molecule has 0 amide bonds. The lowest BCUT2D eigenvalue weighted by atomic mass is 9.76. The number of alkyl halides is 1.